The first kappa shape index (κ1) is 13.4. The van der Waals surface area contributed by atoms with Gasteiger partial charge in [-0.3, -0.25) is 0 Å². The molecule has 1 heterocycles. The van der Waals surface area contributed by atoms with E-state index in [1.807, 2.05) is 18.4 Å². The molecule has 0 amide bonds. The Bertz CT molecular complexity index is 556. The lowest BCUT2D eigenvalue weighted by molar-refractivity contribution is 0.627. The fourth-order valence-electron chi connectivity index (χ4n) is 1.61. The van der Waals surface area contributed by atoms with Crippen molar-refractivity contribution in [2.24, 2.45) is 0 Å². The normalized spacial score (nSPS) is 10.9. The van der Waals surface area contributed by atoms with E-state index in [1.165, 1.54) is 12.1 Å². The van der Waals surface area contributed by atoms with Crippen molar-refractivity contribution in [1.82, 2.24) is 14.8 Å². The number of aryl methyl sites for hydroxylation is 1. The Morgan fingerprint density at radius 3 is 2.83 bits per heavy atom. The van der Waals surface area contributed by atoms with Gasteiger partial charge in [-0.2, -0.15) is 0 Å². The number of nitrogens with zero attached hydrogens (tertiary/aromatic N) is 3. The van der Waals surface area contributed by atoms with Crippen LogP contribution in [-0.4, -0.2) is 14.8 Å². The van der Waals surface area contributed by atoms with Crippen molar-refractivity contribution in [3.8, 4) is 0 Å². The summed E-state index contributed by atoms with van der Waals surface area (Å²) in [5.74, 6) is 1.23. The second-order valence-corrected chi connectivity index (χ2v) is 5.15. The molecule has 2 rings (SSSR count). The molecule has 0 aliphatic heterocycles. The van der Waals surface area contributed by atoms with E-state index < -0.39 is 0 Å². The van der Waals surface area contributed by atoms with Crippen LogP contribution in [0, 0.1) is 12.7 Å². The predicted octanol–water partition coefficient (Wildman–Crippen LogP) is 3.69. The molecule has 0 saturated heterocycles. The van der Waals surface area contributed by atoms with E-state index in [-0.39, 0.29) is 5.82 Å². The molecule has 0 bridgehead atoms. The number of halogens is 2. The number of hydrogen-bond acceptors (Lipinski definition) is 3. The van der Waals surface area contributed by atoms with Crippen LogP contribution < -0.4 is 0 Å². The van der Waals surface area contributed by atoms with Gasteiger partial charge in [0.05, 0.1) is 0 Å². The van der Waals surface area contributed by atoms with Crippen LogP contribution in [0.2, 0.25) is 5.02 Å². The second-order valence-electron chi connectivity index (χ2n) is 3.80. The van der Waals surface area contributed by atoms with Gasteiger partial charge in [-0.25, -0.2) is 4.39 Å². The van der Waals surface area contributed by atoms with Gasteiger partial charge in [-0.1, -0.05) is 29.4 Å². The van der Waals surface area contributed by atoms with Crippen LogP contribution in [0.4, 0.5) is 4.39 Å². The van der Waals surface area contributed by atoms with Crippen LogP contribution >= 0.6 is 23.4 Å². The van der Waals surface area contributed by atoms with E-state index in [4.69, 9.17) is 11.6 Å². The van der Waals surface area contributed by atoms with Crippen LogP contribution in [0.25, 0.3) is 0 Å². The molecule has 0 unspecified atom stereocenters. The van der Waals surface area contributed by atoms with Crippen LogP contribution in [-0.2, 0) is 12.3 Å². The Balaban J connectivity index is 2.11. The third kappa shape index (κ3) is 2.84. The lowest BCUT2D eigenvalue weighted by Gasteiger charge is -2.06. The Morgan fingerprint density at radius 2 is 2.17 bits per heavy atom. The van der Waals surface area contributed by atoms with Crippen molar-refractivity contribution in [1.29, 1.82) is 0 Å². The number of thioether (sulfide) groups is 1. The smallest absolute Gasteiger partial charge is 0.191 e. The van der Waals surface area contributed by atoms with Gasteiger partial charge < -0.3 is 4.57 Å². The topological polar surface area (TPSA) is 30.7 Å². The van der Waals surface area contributed by atoms with Crippen molar-refractivity contribution in [2.75, 3.05) is 0 Å². The highest BCUT2D eigenvalue weighted by molar-refractivity contribution is 7.98. The molecule has 1 aromatic carbocycles. The second kappa shape index (κ2) is 5.71. The summed E-state index contributed by atoms with van der Waals surface area (Å²) in [6.07, 6.45) is 0. The lowest BCUT2D eigenvalue weighted by Crippen LogP contribution is -1.99. The van der Waals surface area contributed by atoms with Crippen molar-refractivity contribution < 1.29 is 4.39 Å². The van der Waals surface area contributed by atoms with Crippen LogP contribution in [0.1, 0.15) is 18.3 Å². The van der Waals surface area contributed by atoms with Gasteiger partial charge in [0.2, 0.25) is 0 Å². The van der Waals surface area contributed by atoms with Crippen molar-refractivity contribution in [3.05, 3.63) is 40.4 Å². The van der Waals surface area contributed by atoms with Gasteiger partial charge >= 0.3 is 0 Å². The largest absolute Gasteiger partial charge is 0.307 e. The summed E-state index contributed by atoms with van der Waals surface area (Å²) in [4.78, 5) is 0. The molecule has 0 N–H and O–H groups in total. The SMILES string of the molecule is CCn1c(C)nnc1SCc1ccc(F)cc1Cl. The Hall–Kier alpha value is -1.07. The molecule has 18 heavy (non-hydrogen) atoms. The first-order valence-electron chi connectivity index (χ1n) is 5.58. The number of aromatic nitrogens is 3. The Labute approximate surface area is 114 Å². The highest BCUT2D eigenvalue weighted by atomic mass is 35.5. The van der Waals surface area contributed by atoms with Crippen LogP contribution in [0.5, 0.6) is 0 Å². The van der Waals surface area contributed by atoms with Crippen molar-refractivity contribution in [2.45, 2.75) is 31.3 Å². The Kier molecular flexibility index (Phi) is 4.24. The number of hydrogen-bond donors (Lipinski definition) is 0. The molecule has 6 heteroatoms. The quantitative estimate of drug-likeness (QED) is 0.803. The third-order valence-corrected chi connectivity index (χ3v) is 3.96. The van der Waals surface area contributed by atoms with Gasteiger partial charge in [0.15, 0.2) is 5.16 Å². The van der Waals surface area contributed by atoms with Gasteiger partial charge in [-0.05, 0) is 31.5 Å². The molecule has 0 fully saturated rings. The zero-order valence-corrected chi connectivity index (χ0v) is 11.7. The summed E-state index contributed by atoms with van der Waals surface area (Å²) in [6, 6.07) is 4.44. The van der Waals surface area contributed by atoms with Crippen LogP contribution in [0.3, 0.4) is 0 Å². The summed E-state index contributed by atoms with van der Waals surface area (Å²) >= 11 is 7.53. The summed E-state index contributed by atoms with van der Waals surface area (Å²) in [5, 5.41) is 9.45. The average molecular weight is 286 g/mol. The van der Waals surface area contributed by atoms with E-state index in [1.54, 1.807) is 17.8 Å². The minimum Gasteiger partial charge on any atom is -0.307 e. The average Bonchev–Trinajstić information content (AvgIpc) is 2.69. The van der Waals surface area contributed by atoms with Gasteiger partial charge in [-0.15, -0.1) is 10.2 Å². The first-order chi connectivity index (χ1) is 8.61. The van der Waals surface area contributed by atoms with E-state index >= 15 is 0 Å². The molecular formula is C12H13ClFN3S. The van der Waals surface area contributed by atoms with Gasteiger partial charge in [0.1, 0.15) is 11.6 Å². The fraction of sp³-hybridized carbons (Fsp3) is 0.333. The van der Waals surface area contributed by atoms with Crippen molar-refractivity contribution in [3.63, 3.8) is 0 Å². The number of benzene rings is 1. The van der Waals surface area contributed by atoms with E-state index in [0.717, 1.165) is 23.1 Å². The minimum atomic E-state index is -0.318. The maximum Gasteiger partial charge on any atom is 0.191 e. The highest BCUT2D eigenvalue weighted by Gasteiger charge is 2.09. The lowest BCUT2D eigenvalue weighted by atomic mass is 10.2. The van der Waals surface area contributed by atoms with E-state index in [9.17, 15) is 4.39 Å². The molecule has 96 valence electrons. The predicted molar refractivity (Wildman–Crippen MR) is 71.4 cm³/mol. The zero-order chi connectivity index (χ0) is 13.1. The molecule has 0 aliphatic carbocycles. The Morgan fingerprint density at radius 1 is 1.39 bits per heavy atom. The first-order valence-corrected chi connectivity index (χ1v) is 6.94. The standard InChI is InChI=1S/C12H13ClFN3S/c1-3-17-8(2)15-16-12(17)18-7-9-4-5-10(14)6-11(9)13/h4-6H,3,7H2,1-2H3. The molecular weight excluding hydrogens is 273 g/mol. The van der Waals surface area contributed by atoms with Gasteiger partial charge in [0.25, 0.3) is 0 Å². The molecule has 1 aromatic heterocycles. The zero-order valence-electron chi connectivity index (χ0n) is 10.2. The summed E-state index contributed by atoms with van der Waals surface area (Å²) in [6.45, 7) is 4.80. The minimum absolute atomic E-state index is 0.318. The maximum absolute atomic E-state index is 12.9. The summed E-state index contributed by atoms with van der Waals surface area (Å²) < 4.78 is 14.9. The summed E-state index contributed by atoms with van der Waals surface area (Å²) in [5.41, 5.74) is 0.895. The molecule has 0 saturated carbocycles. The van der Waals surface area contributed by atoms with Crippen molar-refractivity contribution >= 4 is 23.4 Å². The monoisotopic (exact) mass is 285 g/mol. The fourth-order valence-corrected chi connectivity index (χ4v) is 2.98. The molecule has 3 nitrogen and oxygen atoms in total. The molecule has 2 aromatic rings. The van der Waals surface area contributed by atoms with Gasteiger partial charge in [0, 0.05) is 17.3 Å². The van der Waals surface area contributed by atoms with E-state index in [0.29, 0.717) is 10.8 Å². The number of rotatable bonds is 4. The molecule has 0 aliphatic rings. The third-order valence-electron chi connectivity index (χ3n) is 2.59. The summed E-state index contributed by atoms with van der Waals surface area (Å²) in [7, 11) is 0. The molecule has 0 spiro atoms. The van der Waals surface area contributed by atoms with Crippen LogP contribution in [0.15, 0.2) is 23.4 Å². The van der Waals surface area contributed by atoms with E-state index in [2.05, 4.69) is 10.2 Å². The molecule has 0 atom stereocenters. The highest BCUT2D eigenvalue weighted by Crippen LogP contribution is 2.26. The molecule has 0 radical (unpaired) electrons. The maximum atomic E-state index is 12.9.